The highest BCUT2D eigenvalue weighted by Gasteiger charge is 2.31. The standard InChI is InChI=1S/C20H30N2O2S/c1-3-15(4-2)17(22-9-11-24-12-10-22)14-21-20(23)19-13-16-7-5-6-8-18(16)25-19/h5-8,15,17,19H,3-4,9-14H2,1-2H3,(H,21,23)/t17-,19+/m0/s1. The predicted octanol–water partition coefficient (Wildman–Crippen LogP) is 2.96. The van der Waals surface area contributed by atoms with Gasteiger partial charge in [0.1, 0.15) is 0 Å². The molecule has 0 unspecified atom stereocenters. The number of morpholine rings is 1. The van der Waals surface area contributed by atoms with Crippen molar-refractivity contribution in [3.63, 3.8) is 0 Å². The van der Waals surface area contributed by atoms with E-state index in [0.717, 1.165) is 52.1 Å². The van der Waals surface area contributed by atoms with Crippen molar-refractivity contribution in [1.29, 1.82) is 0 Å². The van der Waals surface area contributed by atoms with Crippen LogP contribution in [0.2, 0.25) is 0 Å². The van der Waals surface area contributed by atoms with Crippen molar-refractivity contribution in [2.75, 3.05) is 32.8 Å². The fourth-order valence-corrected chi connectivity index (χ4v) is 5.20. The SMILES string of the molecule is CCC(CC)[C@H](CNC(=O)[C@H]1Cc2ccccc2S1)N1CCOCC1. The van der Waals surface area contributed by atoms with Crippen molar-refractivity contribution in [2.24, 2.45) is 5.92 Å². The molecule has 4 nitrogen and oxygen atoms in total. The zero-order valence-electron chi connectivity index (χ0n) is 15.4. The van der Waals surface area contributed by atoms with Crippen LogP contribution >= 0.6 is 11.8 Å². The van der Waals surface area contributed by atoms with Gasteiger partial charge in [0.25, 0.3) is 0 Å². The van der Waals surface area contributed by atoms with Gasteiger partial charge in [-0.05, 0) is 24.0 Å². The van der Waals surface area contributed by atoms with Crippen LogP contribution in [0.3, 0.4) is 0 Å². The largest absolute Gasteiger partial charge is 0.379 e. The molecule has 0 aliphatic carbocycles. The highest BCUT2D eigenvalue weighted by atomic mass is 32.2. The number of rotatable bonds is 7. The second kappa shape index (κ2) is 9.06. The molecule has 2 aliphatic rings. The number of ether oxygens (including phenoxy) is 1. The van der Waals surface area contributed by atoms with E-state index < -0.39 is 0 Å². The van der Waals surface area contributed by atoms with Crippen molar-refractivity contribution in [1.82, 2.24) is 10.2 Å². The second-order valence-electron chi connectivity index (χ2n) is 6.96. The van der Waals surface area contributed by atoms with Crippen LogP contribution in [0.15, 0.2) is 29.2 Å². The monoisotopic (exact) mass is 362 g/mol. The fourth-order valence-electron chi connectivity index (χ4n) is 3.98. The molecular formula is C20H30N2O2S. The van der Waals surface area contributed by atoms with Gasteiger partial charge >= 0.3 is 0 Å². The summed E-state index contributed by atoms with van der Waals surface area (Å²) in [5.41, 5.74) is 1.30. The lowest BCUT2D eigenvalue weighted by molar-refractivity contribution is -0.121. The van der Waals surface area contributed by atoms with Crippen molar-refractivity contribution in [3.8, 4) is 0 Å². The summed E-state index contributed by atoms with van der Waals surface area (Å²) in [6.45, 7) is 8.82. The van der Waals surface area contributed by atoms with E-state index in [1.807, 2.05) is 6.07 Å². The minimum atomic E-state index is 0.0180. The molecule has 0 bridgehead atoms. The van der Waals surface area contributed by atoms with Gasteiger partial charge in [0.05, 0.1) is 18.5 Å². The molecule has 3 rings (SSSR count). The summed E-state index contributed by atoms with van der Waals surface area (Å²) >= 11 is 1.71. The minimum Gasteiger partial charge on any atom is -0.379 e. The van der Waals surface area contributed by atoms with Gasteiger partial charge in [-0.25, -0.2) is 0 Å². The van der Waals surface area contributed by atoms with Crippen LogP contribution in [0, 0.1) is 5.92 Å². The molecule has 138 valence electrons. The minimum absolute atomic E-state index is 0.0180. The summed E-state index contributed by atoms with van der Waals surface area (Å²) in [6.07, 6.45) is 3.15. The molecule has 1 aromatic rings. The average molecular weight is 363 g/mol. The van der Waals surface area contributed by atoms with E-state index in [1.165, 1.54) is 10.5 Å². The maximum atomic E-state index is 12.7. The lowest BCUT2D eigenvalue weighted by Crippen LogP contribution is -2.52. The molecule has 1 saturated heterocycles. The lowest BCUT2D eigenvalue weighted by Gasteiger charge is -2.39. The Morgan fingerprint density at radius 2 is 2.00 bits per heavy atom. The molecule has 0 saturated carbocycles. The Kier molecular flexibility index (Phi) is 6.79. The van der Waals surface area contributed by atoms with E-state index in [0.29, 0.717) is 12.0 Å². The summed E-state index contributed by atoms with van der Waals surface area (Å²) < 4.78 is 5.51. The van der Waals surface area contributed by atoms with Gasteiger partial charge in [-0.2, -0.15) is 0 Å². The Bertz CT molecular complexity index is 546. The van der Waals surface area contributed by atoms with Gasteiger partial charge in [0, 0.05) is 30.6 Å². The summed E-state index contributed by atoms with van der Waals surface area (Å²) in [5, 5.41) is 3.28. The first-order valence-corrected chi connectivity index (χ1v) is 10.4. The Balaban J connectivity index is 1.58. The third-order valence-electron chi connectivity index (χ3n) is 5.53. The molecule has 1 aromatic carbocycles. The number of hydrogen-bond acceptors (Lipinski definition) is 4. The van der Waals surface area contributed by atoms with E-state index in [2.05, 4.69) is 42.3 Å². The van der Waals surface area contributed by atoms with Crippen molar-refractivity contribution >= 4 is 17.7 Å². The Morgan fingerprint density at radius 3 is 2.68 bits per heavy atom. The van der Waals surface area contributed by atoms with Crippen LogP contribution in [0.25, 0.3) is 0 Å². The first-order valence-electron chi connectivity index (χ1n) is 9.57. The lowest BCUT2D eigenvalue weighted by atomic mass is 9.92. The summed E-state index contributed by atoms with van der Waals surface area (Å²) in [4.78, 5) is 16.5. The zero-order chi connectivity index (χ0) is 17.6. The van der Waals surface area contributed by atoms with Crippen molar-refractivity contribution < 1.29 is 9.53 Å². The third kappa shape index (κ3) is 4.57. The molecule has 0 aromatic heterocycles. The van der Waals surface area contributed by atoms with E-state index in [-0.39, 0.29) is 11.2 Å². The van der Waals surface area contributed by atoms with E-state index in [1.54, 1.807) is 11.8 Å². The second-order valence-corrected chi connectivity index (χ2v) is 8.20. The summed E-state index contributed by atoms with van der Waals surface area (Å²) in [7, 11) is 0. The maximum Gasteiger partial charge on any atom is 0.233 e. The number of nitrogens with zero attached hydrogens (tertiary/aromatic N) is 1. The normalized spacial score (nSPS) is 22.0. The summed E-state index contributed by atoms with van der Waals surface area (Å²) in [6, 6.07) is 8.77. The molecule has 2 atom stereocenters. The number of benzene rings is 1. The van der Waals surface area contributed by atoms with Crippen molar-refractivity contribution in [2.45, 2.75) is 49.3 Å². The van der Waals surface area contributed by atoms with E-state index in [4.69, 9.17) is 4.74 Å². The third-order valence-corrected chi connectivity index (χ3v) is 6.85. The Labute approximate surface area is 155 Å². The Hall–Kier alpha value is -1.04. The van der Waals surface area contributed by atoms with E-state index >= 15 is 0 Å². The number of fused-ring (bicyclic) bond motifs is 1. The van der Waals surface area contributed by atoms with Crippen molar-refractivity contribution in [3.05, 3.63) is 29.8 Å². The fraction of sp³-hybridized carbons (Fsp3) is 0.650. The number of carbonyl (C=O) groups is 1. The maximum absolute atomic E-state index is 12.7. The number of thioether (sulfide) groups is 1. The van der Waals surface area contributed by atoms with Crippen LogP contribution in [0.4, 0.5) is 0 Å². The molecule has 25 heavy (non-hydrogen) atoms. The average Bonchev–Trinajstić information content (AvgIpc) is 3.10. The van der Waals surface area contributed by atoms with Gasteiger partial charge in [0.15, 0.2) is 0 Å². The molecule has 1 amide bonds. The highest BCUT2D eigenvalue weighted by Crippen LogP contribution is 2.36. The molecule has 0 radical (unpaired) electrons. The van der Waals surface area contributed by atoms with Gasteiger partial charge in [-0.15, -0.1) is 11.8 Å². The van der Waals surface area contributed by atoms with Crippen LogP contribution in [-0.4, -0.2) is 54.9 Å². The van der Waals surface area contributed by atoms with Gasteiger partial charge in [-0.3, -0.25) is 9.69 Å². The van der Waals surface area contributed by atoms with Crippen LogP contribution in [0.5, 0.6) is 0 Å². The van der Waals surface area contributed by atoms with Crippen LogP contribution in [-0.2, 0) is 16.0 Å². The highest BCUT2D eigenvalue weighted by molar-refractivity contribution is 8.01. The molecule has 2 aliphatic heterocycles. The topological polar surface area (TPSA) is 41.6 Å². The Morgan fingerprint density at radius 1 is 1.28 bits per heavy atom. The van der Waals surface area contributed by atoms with Gasteiger partial charge in [-0.1, -0.05) is 44.9 Å². The first-order chi connectivity index (χ1) is 12.2. The van der Waals surface area contributed by atoms with Gasteiger partial charge < -0.3 is 10.1 Å². The van der Waals surface area contributed by atoms with Gasteiger partial charge in [0.2, 0.25) is 5.91 Å². The molecular weight excluding hydrogens is 332 g/mol. The van der Waals surface area contributed by atoms with Crippen LogP contribution < -0.4 is 5.32 Å². The predicted molar refractivity (Wildman–Crippen MR) is 103 cm³/mol. The van der Waals surface area contributed by atoms with Crippen LogP contribution in [0.1, 0.15) is 32.3 Å². The summed E-state index contributed by atoms with van der Waals surface area (Å²) in [5.74, 6) is 0.803. The number of carbonyl (C=O) groups excluding carboxylic acids is 1. The molecule has 1 N–H and O–H groups in total. The first kappa shape index (κ1) is 18.7. The molecule has 2 heterocycles. The number of nitrogens with one attached hydrogen (secondary N) is 1. The molecule has 0 spiro atoms. The zero-order valence-corrected chi connectivity index (χ0v) is 16.2. The van der Waals surface area contributed by atoms with E-state index in [9.17, 15) is 4.79 Å². The number of amides is 1. The smallest absolute Gasteiger partial charge is 0.233 e. The molecule has 1 fully saturated rings. The molecule has 5 heteroatoms. The quantitative estimate of drug-likeness (QED) is 0.810. The number of hydrogen-bond donors (Lipinski definition) is 1.